The van der Waals surface area contributed by atoms with Crippen LogP contribution in [-0.2, 0) is 4.79 Å². The number of nitro groups is 1. The van der Waals surface area contributed by atoms with E-state index in [1.807, 2.05) is 20.8 Å². The summed E-state index contributed by atoms with van der Waals surface area (Å²) in [5.41, 5.74) is 3.14. The third kappa shape index (κ3) is 4.49. The number of aromatic nitrogens is 2. The summed E-state index contributed by atoms with van der Waals surface area (Å²) in [7, 11) is 0. The van der Waals surface area contributed by atoms with Gasteiger partial charge >= 0.3 is 0 Å². The lowest BCUT2D eigenvalue weighted by Gasteiger charge is -2.07. The van der Waals surface area contributed by atoms with Gasteiger partial charge in [-0.3, -0.25) is 14.9 Å². The van der Waals surface area contributed by atoms with Gasteiger partial charge < -0.3 is 5.32 Å². The zero-order chi connectivity index (χ0) is 17.0. The minimum Gasteiger partial charge on any atom is -0.325 e. The SMILES string of the molecule is Cc1nc(SCC(=O)Nc2cccc([N+](=O)[O-])c2)nc(C)c1C. The van der Waals surface area contributed by atoms with E-state index in [0.717, 1.165) is 17.0 Å². The van der Waals surface area contributed by atoms with Crippen molar-refractivity contribution < 1.29 is 9.72 Å². The third-order valence-corrected chi connectivity index (χ3v) is 4.13. The fourth-order valence-corrected chi connectivity index (χ4v) is 2.57. The van der Waals surface area contributed by atoms with Gasteiger partial charge in [-0.1, -0.05) is 17.8 Å². The van der Waals surface area contributed by atoms with Gasteiger partial charge in [0, 0.05) is 29.2 Å². The molecule has 0 saturated heterocycles. The quantitative estimate of drug-likeness (QED) is 0.391. The fraction of sp³-hybridized carbons (Fsp3) is 0.267. The number of hydrogen-bond donors (Lipinski definition) is 1. The second kappa shape index (κ2) is 7.19. The highest BCUT2D eigenvalue weighted by Gasteiger charge is 2.10. The number of rotatable bonds is 5. The largest absolute Gasteiger partial charge is 0.325 e. The Labute approximate surface area is 137 Å². The van der Waals surface area contributed by atoms with E-state index in [4.69, 9.17) is 0 Å². The number of anilines is 1. The Morgan fingerprint density at radius 3 is 2.52 bits per heavy atom. The van der Waals surface area contributed by atoms with Gasteiger partial charge in [-0.2, -0.15) is 0 Å². The summed E-state index contributed by atoms with van der Waals surface area (Å²) in [6.07, 6.45) is 0. The Balaban J connectivity index is 1.98. The Hall–Kier alpha value is -2.48. The molecule has 1 aromatic carbocycles. The average molecular weight is 332 g/mol. The van der Waals surface area contributed by atoms with Gasteiger partial charge in [0.25, 0.3) is 5.69 Å². The Bertz CT molecular complexity index is 741. The van der Waals surface area contributed by atoms with Gasteiger partial charge in [0.05, 0.1) is 10.7 Å². The van der Waals surface area contributed by atoms with Crippen LogP contribution in [0, 0.1) is 30.9 Å². The van der Waals surface area contributed by atoms with Crippen LogP contribution in [0.25, 0.3) is 0 Å². The van der Waals surface area contributed by atoms with Crippen molar-refractivity contribution in [2.45, 2.75) is 25.9 Å². The van der Waals surface area contributed by atoms with E-state index in [1.165, 1.54) is 30.0 Å². The van der Waals surface area contributed by atoms with Crippen LogP contribution in [0.3, 0.4) is 0 Å². The molecule has 2 rings (SSSR count). The van der Waals surface area contributed by atoms with Crippen molar-refractivity contribution in [3.05, 3.63) is 51.3 Å². The predicted molar refractivity (Wildman–Crippen MR) is 88.7 cm³/mol. The molecule has 0 unspecified atom stereocenters. The molecule has 0 atom stereocenters. The molecule has 23 heavy (non-hydrogen) atoms. The van der Waals surface area contributed by atoms with Crippen LogP contribution in [0.2, 0.25) is 0 Å². The average Bonchev–Trinajstić information content (AvgIpc) is 2.50. The van der Waals surface area contributed by atoms with Gasteiger partial charge in [-0.05, 0) is 32.4 Å². The van der Waals surface area contributed by atoms with Crippen LogP contribution < -0.4 is 5.32 Å². The second-order valence-electron chi connectivity index (χ2n) is 4.95. The standard InChI is InChI=1S/C15H16N4O3S/c1-9-10(2)16-15(17-11(9)3)23-8-14(20)18-12-5-4-6-13(7-12)19(21)22/h4-7H,8H2,1-3H3,(H,18,20). The van der Waals surface area contributed by atoms with Crippen LogP contribution >= 0.6 is 11.8 Å². The fourth-order valence-electron chi connectivity index (χ4n) is 1.83. The van der Waals surface area contributed by atoms with E-state index in [2.05, 4.69) is 15.3 Å². The summed E-state index contributed by atoms with van der Waals surface area (Å²) in [6, 6.07) is 5.82. The highest BCUT2D eigenvalue weighted by Crippen LogP contribution is 2.19. The van der Waals surface area contributed by atoms with Crippen LogP contribution in [0.15, 0.2) is 29.4 Å². The molecule has 0 aliphatic rings. The lowest BCUT2D eigenvalue weighted by Crippen LogP contribution is -2.14. The third-order valence-electron chi connectivity index (χ3n) is 3.29. The molecule has 0 aliphatic carbocycles. The lowest BCUT2D eigenvalue weighted by atomic mass is 10.2. The number of thioether (sulfide) groups is 1. The molecule has 0 bridgehead atoms. The van der Waals surface area contributed by atoms with E-state index < -0.39 is 4.92 Å². The number of non-ortho nitro benzene ring substituents is 1. The molecular weight excluding hydrogens is 316 g/mol. The van der Waals surface area contributed by atoms with Crippen molar-refractivity contribution in [3.8, 4) is 0 Å². The molecule has 0 spiro atoms. The van der Waals surface area contributed by atoms with Gasteiger partial charge in [-0.15, -0.1) is 0 Å². The minimum atomic E-state index is -0.504. The van der Waals surface area contributed by atoms with Crippen LogP contribution in [0.5, 0.6) is 0 Å². The smallest absolute Gasteiger partial charge is 0.271 e. The molecule has 2 aromatic rings. The lowest BCUT2D eigenvalue weighted by molar-refractivity contribution is -0.384. The van der Waals surface area contributed by atoms with E-state index in [9.17, 15) is 14.9 Å². The Kier molecular flexibility index (Phi) is 5.28. The van der Waals surface area contributed by atoms with Crippen LogP contribution in [0.1, 0.15) is 17.0 Å². The molecule has 1 aromatic heterocycles. The van der Waals surface area contributed by atoms with E-state index in [0.29, 0.717) is 10.8 Å². The first kappa shape index (κ1) is 16.9. The summed E-state index contributed by atoms with van der Waals surface area (Å²) in [5.74, 6) is -0.139. The molecule has 1 N–H and O–H groups in total. The molecule has 0 saturated carbocycles. The maximum Gasteiger partial charge on any atom is 0.271 e. The number of nitrogens with zero attached hydrogens (tertiary/aromatic N) is 3. The Morgan fingerprint density at radius 1 is 1.26 bits per heavy atom. The van der Waals surface area contributed by atoms with E-state index in [1.54, 1.807) is 6.07 Å². The monoisotopic (exact) mass is 332 g/mol. The molecule has 8 heteroatoms. The predicted octanol–water partition coefficient (Wildman–Crippen LogP) is 3.04. The molecule has 1 amide bonds. The van der Waals surface area contributed by atoms with Crippen LogP contribution in [0.4, 0.5) is 11.4 Å². The first-order valence-corrected chi connectivity index (χ1v) is 7.84. The number of nitrogens with one attached hydrogen (secondary N) is 1. The second-order valence-corrected chi connectivity index (χ2v) is 5.89. The van der Waals surface area contributed by atoms with Crippen molar-refractivity contribution in [2.75, 3.05) is 11.1 Å². The molecule has 0 radical (unpaired) electrons. The number of carbonyl (C=O) groups excluding carboxylic acids is 1. The van der Waals surface area contributed by atoms with Crippen molar-refractivity contribution in [3.63, 3.8) is 0 Å². The normalized spacial score (nSPS) is 10.4. The number of hydrogen-bond acceptors (Lipinski definition) is 6. The van der Waals surface area contributed by atoms with Crippen molar-refractivity contribution in [2.24, 2.45) is 0 Å². The topological polar surface area (TPSA) is 98.0 Å². The highest BCUT2D eigenvalue weighted by atomic mass is 32.2. The van der Waals surface area contributed by atoms with Crippen molar-refractivity contribution >= 4 is 29.0 Å². The maximum atomic E-state index is 11.9. The number of benzene rings is 1. The minimum absolute atomic E-state index is 0.0661. The maximum absolute atomic E-state index is 11.9. The zero-order valence-electron chi connectivity index (χ0n) is 13.0. The number of nitro benzene ring substituents is 1. The van der Waals surface area contributed by atoms with Gasteiger partial charge in [-0.25, -0.2) is 9.97 Å². The number of amides is 1. The van der Waals surface area contributed by atoms with Gasteiger partial charge in [0.2, 0.25) is 5.91 Å². The van der Waals surface area contributed by atoms with E-state index in [-0.39, 0.29) is 17.3 Å². The summed E-state index contributed by atoms with van der Waals surface area (Å²) < 4.78 is 0. The van der Waals surface area contributed by atoms with Gasteiger partial charge in [0.15, 0.2) is 5.16 Å². The summed E-state index contributed by atoms with van der Waals surface area (Å²) in [5, 5.41) is 13.9. The molecule has 7 nitrogen and oxygen atoms in total. The van der Waals surface area contributed by atoms with Crippen molar-refractivity contribution in [1.82, 2.24) is 9.97 Å². The first-order valence-electron chi connectivity index (χ1n) is 6.86. The molecule has 0 fully saturated rings. The molecule has 120 valence electrons. The molecule has 0 aliphatic heterocycles. The Morgan fingerprint density at radius 2 is 1.91 bits per heavy atom. The van der Waals surface area contributed by atoms with E-state index >= 15 is 0 Å². The number of aryl methyl sites for hydroxylation is 2. The summed E-state index contributed by atoms with van der Waals surface area (Å²) in [4.78, 5) is 30.8. The first-order chi connectivity index (χ1) is 10.9. The summed E-state index contributed by atoms with van der Waals surface area (Å²) >= 11 is 1.23. The molecule has 1 heterocycles. The number of carbonyl (C=O) groups is 1. The van der Waals surface area contributed by atoms with Crippen LogP contribution in [-0.4, -0.2) is 26.6 Å². The highest BCUT2D eigenvalue weighted by molar-refractivity contribution is 7.99. The molecular formula is C15H16N4O3S. The zero-order valence-corrected chi connectivity index (χ0v) is 13.8. The summed E-state index contributed by atoms with van der Waals surface area (Å²) in [6.45, 7) is 5.75. The van der Waals surface area contributed by atoms with Gasteiger partial charge in [0.1, 0.15) is 0 Å². The van der Waals surface area contributed by atoms with Crippen molar-refractivity contribution in [1.29, 1.82) is 0 Å².